The molecule has 2 N–H and O–H groups in total. The highest BCUT2D eigenvalue weighted by molar-refractivity contribution is 5.86. The van der Waals surface area contributed by atoms with E-state index in [1.54, 1.807) is 13.0 Å². The number of allylic oxidation sites excluding steroid dienone is 3. The number of hydrogen-bond donors (Lipinski definition) is 2. The van der Waals surface area contributed by atoms with E-state index in [0.29, 0.717) is 44.1 Å². The molecule has 0 radical (unpaired) electrons. The van der Waals surface area contributed by atoms with Gasteiger partial charge in [0.25, 0.3) is 0 Å². The van der Waals surface area contributed by atoms with E-state index in [-0.39, 0.29) is 23.6 Å². The number of aliphatic hydroxyl groups is 2. The van der Waals surface area contributed by atoms with E-state index in [9.17, 15) is 29.4 Å². The molecule has 0 fully saturated rings. The minimum Gasteiger partial charge on any atom is -0.429 e. The monoisotopic (exact) mass is 448 g/mol. The van der Waals surface area contributed by atoms with Crippen LogP contribution in [0.2, 0.25) is 0 Å². The molecule has 0 saturated carbocycles. The topological polar surface area (TPSA) is 118 Å². The molecule has 0 aromatic rings. The molecule has 178 valence electrons. The molecule has 0 aliphatic carbocycles. The molecule has 1 aliphatic rings. The maximum Gasteiger partial charge on any atom is 0.333 e. The number of hydrogen-bond acceptors (Lipinski definition) is 7. The van der Waals surface area contributed by atoms with Crippen LogP contribution < -0.4 is 0 Å². The van der Waals surface area contributed by atoms with E-state index < -0.39 is 23.8 Å². The molecule has 0 spiro atoms. The van der Waals surface area contributed by atoms with Crippen LogP contribution in [-0.2, 0) is 23.9 Å². The molecule has 7 nitrogen and oxygen atoms in total. The zero-order valence-electron chi connectivity index (χ0n) is 19.6. The molecule has 0 aromatic carbocycles. The van der Waals surface area contributed by atoms with Crippen molar-refractivity contribution >= 4 is 23.8 Å². The summed E-state index contributed by atoms with van der Waals surface area (Å²) in [6.07, 6.45) is 7.02. The lowest BCUT2D eigenvalue weighted by Gasteiger charge is -2.23. The second-order valence-electron chi connectivity index (χ2n) is 9.03. The van der Waals surface area contributed by atoms with Crippen LogP contribution in [-0.4, -0.2) is 46.4 Å². The zero-order chi connectivity index (χ0) is 24.3. The number of Topliss-reactive ketones (excluding diaryl/α,β-unsaturated/α-hetero) is 2. The first kappa shape index (κ1) is 27.7. The lowest BCUT2D eigenvalue weighted by Crippen LogP contribution is -2.24. The van der Waals surface area contributed by atoms with Crippen LogP contribution in [0, 0.1) is 5.41 Å². The Hall–Kier alpha value is -2.38. The van der Waals surface area contributed by atoms with E-state index in [2.05, 4.69) is 4.74 Å². The second kappa shape index (κ2) is 13.2. The van der Waals surface area contributed by atoms with Gasteiger partial charge in [-0.1, -0.05) is 31.6 Å². The fourth-order valence-corrected chi connectivity index (χ4v) is 3.44. The predicted octanol–water partition coefficient (Wildman–Crippen LogP) is 3.53. The molecule has 1 heterocycles. The van der Waals surface area contributed by atoms with Crippen LogP contribution in [0.15, 0.2) is 34.9 Å². The van der Waals surface area contributed by atoms with E-state index in [1.165, 1.54) is 0 Å². The molecule has 1 rings (SSSR count). The first-order chi connectivity index (χ1) is 15.0. The Kier molecular flexibility index (Phi) is 11.4. The Bertz CT molecular complexity index is 786. The van der Waals surface area contributed by atoms with Crippen molar-refractivity contribution < 1.29 is 34.1 Å². The number of esters is 1. The minimum absolute atomic E-state index is 0.0844. The number of rotatable bonds is 15. The van der Waals surface area contributed by atoms with Gasteiger partial charge in [0.1, 0.15) is 17.9 Å². The largest absolute Gasteiger partial charge is 0.429 e. The molecule has 1 aliphatic heterocycles. The van der Waals surface area contributed by atoms with Gasteiger partial charge in [0.15, 0.2) is 0 Å². The van der Waals surface area contributed by atoms with Gasteiger partial charge >= 0.3 is 5.97 Å². The molecule has 2 atom stereocenters. The van der Waals surface area contributed by atoms with Gasteiger partial charge in [-0.3, -0.25) is 9.59 Å². The summed E-state index contributed by atoms with van der Waals surface area (Å²) in [5, 5.41) is 19.6. The number of ketones is 2. The predicted molar refractivity (Wildman–Crippen MR) is 120 cm³/mol. The third-order valence-corrected chi connectivity index (χ3v) is 5.69. The summed E-state index contributed by atoms with van der Waals surface area (Å²) < 4.78 is 4.54. The van der Waals surface area contributed by atoms with Crippen molar-refractivity contribution in [3.05, 3.63) is 34.9 Å². The standard InChI is InChI=1S/C25H36O7/c1-17(10-13-22(29)25(3,4)14-6-8-18(2)27)7-5-9-19(16-26)11-12-21(28)20-15-23(30)32-24(20)31/h7,11,15-16,21,24,28,31H,5-6,8-10,12-14H2,1-4H3/b17-7+,19-11+. The van der Waals surface area contributed by atoms with Crippen LogP contribution in [0.5, 0.6) is 0 Å². The first-order valence-corrected chi connectivity index (χ1v) is 11.1. The van der Waals surface area contributed by atoms with Crippen LogP contribution >= 0.6 is 0 Å². The van der Waals surface area contributed by atoms with Gasteiger partial charge in [-0.25, -0.2) is 4.79 Å². The molecule has 0 bridgehead atoms. The molecule has 2 unspecified atom stereocenters. The number of cyclic esters (lactones) is 1. The summed E-state index contributed by atoms with van der Waals surface area (Å²) in [4.78, 5) is 46.0. The highest BCUT2D eigenvalue weighted by Crippen LogP contribution is 2.27. The van der Waals surface area contributed by atoms with Gasteiger partial charge < -0.3 is 19.7 Å². The number of aldehydes is 1. The van der Waals surface area contributed by atoms with Crippen molar-refractivity contribution in [1.82, 2.24) is 0 Å². The second-order valence-corrected chi connectivity index (χ2v) is 9.03. The number of carbonyl (C=O) groups is 4. The van der Waals surface area contributed by atoms with E-state index >= 15 is 0 Å². The third kappa shape index (κ3) is 9.83. The summed E-state index contributed by atoms with van der Waals surface area (Å²) in [6.45, 7) is 7.36. The molecule has 0 amide bonds. The Balaban J connectivity index is 2.45. The number of aliphatic hydroxyl groups excluding tert-OH is 2. The summed E-state index contributed by atoms with van der Waals surface area (Å²) in [5.74, 6) is -0.380. The van der Waals surface area contributed by atoms with Gasteiger partial charge in [0, 0.05) is 29.9 Å². The molecular weight excluding hydrogens is 412 g/mol. The van der Waals surface area contributed by atoms with E-state index in [4.69, 9.17) is 0 Å². The van der Waals surface area contributed by atoms with Crippen LogP contribution in [0.4, 0.5) is 0 Å². The molecular formula is C25H36O7. The van der Waals surface area contributed by atoms with Crippen LogP contribution in [0.1, 0.15) is 79.1 Å². The average Bonchev–Trinajstić information content (AvgIpc) is 3.05. The Morgan fingerprint density at radius 3 is 2.41 bits per heavy atom. The highest BCUT2D eigenvalue weighted by atomic mass is 16.6. The van der Waals surface area contributed by atoms with Gasteiger partial charge in [0.05, 0.1) is 6.10 Å². The maximum atomic E-state index is 12.5. The van der Waals surface area contributed by atoms with Gasteiger partial charge in [-0.2, -0.15) is 0 Å². The van der Waals surface area contributed by atoms with Gasteiger partial charge in [0.2, 0.25) is 6.29 Å². The van der Waals surface area contributed by atoms with E-state index in [0.717, 1.165) is 24.4 Å². The summed E-state index contributed by atoms with van der Waals surface area (Å²) in [7, 11) is 0. The Morgan fingerprint density at radius 2 is 1.84 bits per heavy atom. The highest BCUT2D eigenvalue weighted by Gasteiger charge is 2.28. The lowest BCUT2D eigenvalue weighted by molar-refractivity contribution is -0.152. The molecule has 32 heavy (non-hydrogen) atoms. The number of carbonyl (C=O) groups excluding carboxylic acids is 4. The van der Waals surface area contributed by atoms with Crippen molar-refractivity contribution in [2.24, 2.45) is 5.41 Å². The van der Waals surface area contributed by atoms with Crippen molar-refractivity contribution in [1.29, 1.82) is 0 Å². The maximum absolute atomic E-state index is 12.5. The molecule has 0 saturated heterocycles. The normalized spacial score (nSPS) is 18.2. The van der Waals surface area contributed by atoms with Crippen molar-refractivity contribution in [2.75, 3.05) is 0 Å². The lowest BCUT2D eigenvalue weighted by atomic mass is 9.80. The Morgan fingerprint density at radius 1 is 1.16 bits per heavy atom. The summed E-state index contributed by atoms with van der Waals surface area (Å²) in [5.41, 5.74) is 1.22. The SMILES string of the molecule is CC(=O)CCCC(C)(C)C(=O)CC/C(C)=C/CC/C(C=O)=C\CC(O)C1=CC(=O)OC1O. The summed E-state index contributed by atoms with van der Waals surface area (Å²) in [6, 6.07) is 0. The van der Waals surface area contributed by atoms with Crippen LogP contribution in [0.25, 0.3) is 0 Å². The number of ether oxygens (including phenoxy) is 1. The van der Waals surface area contributed by atoms with Crippen molar-refractivity contribution in [3.63, 3.8) is 0 Å². The van der Waals surface area contributed by atoms with Gasteiger partial charge in [-0.05, 0) is 57.9 Å². The Labute approximate surface area is 190 Å². The van der Waals surface area contributed by atoms with Crippen LogP contribution in [0.3, 0.4) is 0 Å². The van der Waals surface area contributed by atoms with Gasteiger partial charge in [-0.15, -0.1) is 0 Å². The molecule has 7 heteroatoms. The third-order valence-electron chi connectivity index (χ3n) is 5.69. The fourth-order valence-electron chi connectivity index (χ4n) is 3.44. The quantitative estimate of drug-likeness (QED) is 0.170. The first-order valence-electron chi connectivity index (χ1n) is 11.1. The molecule has 0 aromatic heterocycles. The zero-order valence-corrected chi connectivity index (χ0v) is 19.6. The minimum atomic E-state index is -1.45. The van der Waals surface area contributed by atoms with E-state index in [1.807, 2.05) is 26.8 Å². The average molecular weight is 449 g/mol. The fraction of sp³-hybridized carbons (Fsp3) is 0.600. The smallest absolute Gasteiger partial charge is 0.333 e. The summed E-state index contributed by atoms with van der Waals surface area (Å²) >= 11 is 0. The van der Waals surface area contributed by atoms with Crippen molar-refractivity contribution in [2.45, 2.75) is 91.5 Å². The van der Waals surface area contributed by atoms with Crippen molar-refractivity contribution in [3.8, 4) is 0 Å².